The fraction of sp³-hybridized carbons (Fsp3) is 0.118. The van der Waals surface area contributed by atoms with Crippen molar-refractivity contribution in [3.05, 3.63) is 64.3 Å². The van der Waals surface area contributed by atoms with E-state index in [1.54, 1.807) is 7.11 Å². The fourth-order valence-corrected chi connectivity index (χ4v) is 2.72. The molecule has 0 saturated carbocycles. The third kappa shape index (κ3) is 2.91. The van der Waals surface area contributed by atoms with Crippen LogP contribution in [-0.2, 0) is 11.3 Å². The van der Waals surface area contributed by atoms with Gasteiger partial charge in [-0.3, -0.25) is 4.79 Å². The standard InChI is InChI=1S/C17H14BrNO3/c1-21-10-14-13-7-2-3-8-15(13)22-16(14)17(20)19-12-6-4-5-11(18)9-12/h2-9H,10H2,1H3,(H,19,20). The second-order valence-electron chi connectivity index (χ2n) is 4.80. The van der Waals surface area contributed by atoms with Crippen molar-refractivity contribution in [3.8, 4) is 0 Å². The molecule has 4 nitrogen and oxygen atoms in total. The first kappa shape index (κ1) is 14.8. The number of amides is 1. The minimum absolute atomic E-state index is 0.281. The third-order valence-electron chi connectivity index (χ3n) is 3.28. The van der Waals surface area contributed by atoms with Gasteiger partial charge in [0.1, 0.15) is 5.58 Å². The molecule has 1 amide bonds. The van der Waals surface area contributed by atoms with Gasteiger partial charge in [0.25, 0.3) is 5.91 Å². The summed E-state index contributed by atoms with van der Waals surface area (Å²) in [6.07, 6.45) is 0. The van der Waals surface area contributed by atoms with Crippen LogP contribution < -0.4 is 5.32 Å². The minimum atomic E-state index is -0.290. The van der Waals surface area contributed by atoms with E-state index >= 15 is 0 Å². The molecule has 0 unspecified atom stereocenters. The SMILES string of the molecule is COCc1c(C(=O)Nc2cccc(Br)c2)oc2ccccc12. The molecule has 0 aliphatic rings. The van der Waals surface area contributed by atoms with Gasteiger partial charge in [0.05, 0.1) is 6.61 Å². The van der Waals surface area contributed by atoms with Crippen LogP contribution in [0.25, 0.3) is 11.0 Å². The van der Waals surface area contributed by atoms with Gasteiger partial charge >= 0.3 is 0 Å². The van der Waals surface area contributed by atoms with Crippen molar-refractivity contribution in [2.24, 2.45) is 0 Å². The molecule has 5 heteroatoms. The number of nitrogens with one attached hydrogen (secondary N) is 1. The summed E-state index contributed by atoms with van der Waals surface area (Å²) in [6.45, 7) is 0.318. The first-order valence-corrected chi connectivity index (χ1v) is 7.54. The van der Waals surface area contributed by atoms with Gasteiger partial charge < -0.3 is 14.5 Å². The molecule has 0 saturated heterocycles. The van der Waals surface area contributed by atoms with Crippen molar-refractivity contribution in [1.82, 2.24) is 0 Å². The highest BCUT2D eigenvalue weighted by atomic mass is 79.9. The number of carbonyl (C=O) groups excluding carboxylic acids is 1. The van der Waals surface area contributed by atoms with Gasteiger partial charge in [-0.05, 0) is 24.3 Å². The average Bonchev–Trinajstić information content (AvgIpc) is 2.87. The van der Waals surface area contributed by atoms with E-state index < -0.39 is 0 Å². The zero-order chi connectivity index (χ0) is 15.5. The summed E-state index contributed by atoms with van der Waals surface area (Å²) in [6, 6.07) is 14.9. The van der Waals surface area contributed by atoms with Crippen LogP contribution >= 0.6 is 15.9 Å². The van der Waals surface area contributed by atoms with Gasteiger partial charge in [-0.25, -0.2) is 0 Å². The minimum Gasteiger partial charge on any atom is -0.451 e. The van der Waals surface area contributed by atoms with E-state index in [1.165, 1.54) is 0 Å². The molecule has 3 aromatic rings. The maximum Gasteiger partial charge on any atom is 0.291 e. The molecule has 0 radical (unpaired) electrons. The van der Waals surface area contributed by atoms with E-state index in [1.807, 2.05) is 48.5 Å². The number of furan rings is 1. The first-order chi connectivity index (χ1) is 10.7. The van der Waals surface area contributed by atoms with Crippen molar-refractivity contribution in [1.29, 1.82) is 0 Å². The van der Waals surface area contributed by atoms with Crippen molar-refractivity contribution >= 4 is 38.5 Å². The summed E-state index contributed by atoms with van der Waals surface area (Å²) in [5, 5.41) is 3.73. The molecular weight excluding hydrogens is 346 g/mol. The molecule has 1 aromatic heterocycles. The molecule has 0 bridgehead atoms. The average molecular weight is 360 g/mol. The van der Waals surface area contributed by atoms with Crippen LogP contribution in [0.1, 0.15) is 16.1 Å². The second-order valence-corrected chi connectivity index (χ2v) is 5.72. The van der Waals surface area contributed by atoms with E-state index in [0.29, 0.717) is 17.9 Å². The molecule has 0 spiro atoms. The summed E-state index contributed by atoms with van der Waals surface area (Å²) < 4.78 is 11.8. The zero-order valence-electron chi connectivity index (χ0n) is 11.9. The lowest BCUT2D eigenvalue weighted by Crippen LogP contribution is -2.13. The lowest BCUT2D eigenvalue weighted by atomic mass is 10.1. The molecule has 0 atom stereocenters. The highest BCUT2D eigenvalue weighted by molar-refractivity contribution is 9.10. The van der Waals surface area contributed by atoms with Gasteiger partial charge in [0, 0.05) is 28.2 Å². The summed E-state index contributed by atoms with van der Waals surface area (Å²) in [7, 11) is 1.60. The van der Waals surface area contributed by atoms with Crippen LogP contribution in [0.5, 0.6) is 0 Å². The quantitative estimate of drug-likeness (QED) is 0.740. The molecule has 22 heavy (non-hydrogen) atoms. The van der Waals surface area contributed by atoms with Crippen molar-refractivity contribution < 1.29 is 13.9 Å². The van der Waals surface area contributed by atoms with E-state index in [2.05, 4.69) is 21.2 Å². The fourth-order valence-electron chi connectivity index (χ4n) is 2.32. The maximum atomic E-state index is 12.5. The Morgan fingerprint density at radius 1 is 1.23 bits per heavy atom. The normalized spacial score (nSPS) is 10.8. The highest BCUT2D eigenvalue weighted by Crippen LogP contribution is 2.27. The number of carbonyl (C=O) groups is 1. The topological polar surface area (TPSA) is 51.5 Å². The second kappa shape index (κ2) is 6.34. The number of fused-ring (bicyclic) bond motifs is 1. The predicted molar refractivity (Wildman–Crippen MR) is 89.0 cm³/mol. The van der Waals surface area contributed by atoms with Crippen molar-refractivity contribution in [2.75, 3.05) is 12.4 Å². The molecule has 3 rings (SSSR count). The number of hydrogen-bond acceptors (Lipinski definition) is 3. The van der Waals surface area contributed by atoms with Gasteiger partial charge in [-0.2, -0.15) is 0 Å². The number of ether oxygens (including phenoxy) is 1. The van der Waals surface area contributed by atoms with Crippen LogP contribution in [0.4, 0.5) is 5.69 Å². The molecule has 1 heterocycles. The Bertz CT molecular complexity index is 826. The van der Waals surface area contributed by atoms with Crippen LogP contribution in [-0.4, -0.2) is 13.0 Å². The Morgan fingerprint density at radius 2 is 2.05 bits per heavy atom. The van der Waals surface area contributed by atoms with Gasteiger partial charge in [-0.1, -0.05) is 40.2 Å². The van der Waals surface area contributed by atoms with Crippen molar-refractivity contribution in [3.63, 3.8) is 0 Å². The molecule has 1 N–H and O–H groups in total. The Labute approximate surface area is 136 Å². The number of hydrogen-bond donors (Lipinski definition) is 1. The molecule has 0 aliphatic heterocycles. The monoisotopic (exact) mass is 359 g/mol. The van der Waals surface area contributed by atoms with Crippen molar-refractivity contribution in [2.45, 2.75) is 6.61 Å². The summed E-state index contributed by atoms with van der Waals surface area (Å²) in [4.78, 5) is 12.5. The zero-order valence-corrected chi connectivity index (χ0v) is 13.5. The molecule has 2 aromatic carbocycles. The number of benzene rings is 2. The van der Waals surface area contributed by atoms with E-state index in [0.717, 1.165) is 15.4 Å². The smallest absolute Gasteiger partial charge is 0.291 e. The predicted octanol–water partition coefficient (Wildman–Crippen LogP) is 4.59. The molecular formula is C17H14BrNO3. The molecule has 0 aliphatic carbocycles. The Balaban J connectivity index is 1.98. The Morgan fingerprint density at radius 3 is 2.82 bits per heavy atom. The van der Waals surface area contributed by atoms with Crippen LogP contribution in [0.3, 0.4) is 0 Å². The van der Waals surface area contributed by atoms with Gasteiger partial charge in [0.15, 0.2) is 5.76 Å². The van der Waals surface area contributed by atoms with E-state index in [-0.39, 0.29) is 11.7 Å². The maximum absolute atomic E-state index is 12.5. The summed E-state index contributed by atoms with van der Waals surface area (Å²) in [5.74, 6) is -0.00984. The lowest BCUT2D eigenvalue weighted by molar-refractivity contribution is 0.0992. The summed E-state index contributed by atoms with van der Waals surface area (Å²) in [5.41, 5.74) is 2.13. The number of halogens is 1. The lowest BCUT2D eigenvalue weighted by Gasteiger charge is -2.05. The molecule has 0 fully saturated rings. The number of para-hydroxylation sites is 1. The Hall–Kier alpha value is -2.11. The number of rotatable bonds is 4. The Kier molecular flexibility index (Phi) is 4.27. The van der Waals surface area contributed by atoms with E-state index in [9.17, 15) is 4.79 Å². The van der Waals surface area contributed by atoms with Gasteiger partial charge in [-0.15, -0.1) is 0 Å². The summed E-state index contributed by atoms with van der Waals surface area (Å²) >= 11 is 3.38. The van der Waals surface area contributed by atoms with Crippen LogP contribution in [0.15, 0.2) is 57.4 Å². The largest absolute Gasteiger partial charge is 0.451 e. The highest BCUT2D eigenvalue weighted by Gasteiger charge is 2.20. The van der Waals surface area contributed by atoms with Gasteiger partial charge in [0.2, 0.25) is 0 Å². The first-order valence-electron chi connectivity index (χ1n) is 6.75. The number of anilines is 1. The third-order valence-corrected chi connectivity index (χ3v) is 3.77. The van der Waals surface area contributed by atoms with Crippen LogP contribution in [0.2, 0.25) is 0 Å². The van der Waals surface area contributed by atoms with Crippen LogP contribution in [0, 0.1) is 0 Å². The molecule has 112 valence electrons. The van der Waals surface area contributed by atoms with E-state index in [4.69, 9.17) is 9.15 Å². The number of methoxy groups -OCH3 is 1.